The van der Waals surface area contributed by atoms with E-state index in [0.717, 1.165) is 16.0 Å². The van der Waals surface area contributed by atoms with Crippen molar-refractivity contribution in [1.29, 1.82) is 0 Å². The number of carbonyl (C=O) groups is 3. The number of carbonyl (C=O) groups excluding carboxylic acids is 3. The smallest absolute Gasteiger partial charge is 0.420 e. The fourth-order valence-electron chi connectivity index (χ4n) is 3.09. The number of rotatable bonds is 5. The molecule has 37 heavy (non-hydrogen) atoms. The van der Waals surface area contributed by atoms with Crippen LogP contribution < -0.4 is 5.32 Å². The lowest BCUT2D eigenvalue weighted by atomic mass is 10.1. The van der Waals surface area contributed by atoms with Crippen molar-refractivity contribution in [2.24, 2.45) is 4.99 Å². The van der Waals surface area contributed by atoms with E-state index in [1.807, 2.05) is 37.3 Å². The quantitative estimate of drug-likeness (QED) is 0.274. The first-order valence-electron chi connectivity index (χ1n) is 12.0. The van der Waals surface area contributed by atoms with Crippen LogP contribution in [0.5, 0.6) is 0 Å². The first kappa shape index (κ1) is 29.4. The van der Waals surface area contributed by atoms with E-state index < -0.39 is 29.5 Å². The number of nitrogens with zero attached hydrogens (tertiary/aromatic N) is 2. The van der Waals surface area contributed by atoms with Crippen molar-refractivity contribution < 1.29 is 28.6 Å². The molecule has 0 aliphatic rings. The molecule has 2 rings (SSSR count). The Morgan fingerprint density at radius 3 is 1.97 bits per heavy atom. The highest BCUT2D eigenvalue weighted by Crippen LogP contribution is 2.25. The van der Waals surface area contributed by atoms with Crippen LogP contribution in [0.3, 0.4) is 0 Å². The van der Waals surface area contributed by atoms with E-state index in [9.17, 15) is 14.4 Å². The van der Waals surface area contributed by atoms with Crippen LogP contribution in [0.1, 0.15) is 65.2 Å². The lowest BCUT2D eigenvalue weighted by Crippen LogP contribution is -2.43. The van der Waals surface area contributed by atoms with Crippen molar-refractivity contribution >= 4 is 29.8 Å². The van der Waals surface area contributed by atoms with Crippen molar-refractivity contribution in [2.45, 2.75) is 79.7 Å². The van der Waals surface area contributed by atoms with Gasteiger partial charge in [0.05, 0.1) is 12.2 Å². The molecular formula is C28H37N3O6. The Morgan fingerprint density at radius 2 is 1.43 bits per heavy atom. The maximum Gasteiger partial charge on any atom is 0.420 e. The molecule has 1 N–H and O–H groups in total. The summed E-state index contributed by atoms with van der Waals surface area (Å²) in [6.45, 7) is 13.8. The predicted octanol–water partition coefficient (Wildman–Crippen LogP) is 6.64. The monoisotopic (exact) mass is 511 g/mol. The zero-order valence-electron chi connectivity index (χ0n) is 22.9. The number of alkyl carbamates (subject to hydrolysis) is 1. The summed E-state index contributed by atoms with van der Waals surface area (Å²) < 4.78 is 16.1. The first-order valence-corrected chi connectivity index (χ1v) is 12.0. The van der Waals surface area contributed by atoms with Gasteiger partial charge in [0, 0.05) is 0 Å². The molecule has 2 aromatic rings. The van der Waals surface area contributed by atoms with Gasteiger partial charge in [-0.2, -0.15) is 0 Å². The average molecular weight is 512 g/mol. The van der Waals surface area contributed by atoms with Crippen LogP contribution >= 0.6 is 0 Å². The molecule has 0 fully saturated rings. The van der Waals surface area contributed by atoms with Crippen LogP contribution in [-0.2, 0) is 27.4 Å². The lowest BCUT2D eigenvalue weighted by Gasteiger charge is -2.29. The molecule has 2 aromatic carbocycles. The predicted molar refractivity (Wildman–Crippen MR) is 142 cm³/mol. The molecule has 200 valence electrons. The van der Waals surface area contributed by atoms with Gasteiger partial charge in [-0.25, -0.2) is 24.3 Å². The number of aliphatic imine (C=N–C) groups is 1. The summed E-state index contributed by atoms with van der Waals surface area (Å²) in [4.78, 5) is 43.3. The molecule has 3 amide bonds. The number of nitrogens with one attached hydrogen (secondary N) is 1. The van der Waals surface area contributed by atoms with E-state index >= 15 is 0 Å². The van der Waals surface area contributed by atoms with Gasteiger partial charge < -0.3 is 14.2 Å². The normalized spacial score (nSPS) is 11.9. The van der Waals surface area contributed by atoms with E-state index in [2.05, 4.69) is 10.3 Å². The van der Waals surface area contributed by atoms with Gasteiger partial charge in [0.15, 0.2) is 0 Å². The molecule has 0 aromatic heterocycles. The van der Waals surface area contributed by atoms with Gasteiger partial charge in [0.1, 0.15) is 23.6 Å². The highest BCUT2D eigenvalue weighted by molar-refractivity contribution is 5.95. The van der Waals surface area contributed by atoms with Crippen molar-refractivity contribution in [3.63, 3.8) is 0 Å². The van der Waals surface area contributed by atoms with Gasteiger partial charge in [-0.05, 0) is 78.1 Å². The number of imide groups is 1. The lowest BCUT2D eigenvalue weighted by molar-refractivity contribution is -0.000283. The molecule has 9 heteroatoms. The number of amidine groups is 1. The van der Waals surface area contributed by atoms with Crippen LogP contribution in [0.15, 0.2) is 53.5 Å². The van der Waals surface area contributed by atoms with Crippen LogP contribution in [0.4, 0.5) is 20.1 Å². The minimum Gasteiger partial charge on any atom is -0.444 e. The molecule has 0 aliphatic carbocycles. The molecule has 0 saturated carbocycles. The number of benzene rings is 2. The van der Waals surface area contributed by atoms with E-state index in [0.29, 0.717) is 17.1 Å². The number of hydrogen-bond donors (Lipinski definition) is 1. The second-order valence-corrected chi connectivity index (χ2v) is 10.5. The third-order valence-corrected chi connectivity index (χ3v) is 4.76. The van der Waals surface area contributed by atoms with E-state index in [1.54, 1.807) is 66.7 Å². The standard InChI is InChI=1S/C28H37N3O6/c1-19-22(17-31(25(33)36-27(3,4)5)26(34)37-28(6,7)8)15-12-16-23(19)29-20(2)30-24(32)35-18-21-13-10-9-11-14-21/h9-16H,17-18H2,1-8H3,(H,29,30,32). The average Bonchev–Trinajstić information content (AvgIpc) is 2.76. The van der Waals surface area contributed by atoms with Gasteiger partial charge in [-0.15, -0.1) is 0 Å². The largest absolute Gasteiger partial charge is 0.444 e. The minimum atomic E-state index is -0.811. The van der Waals surface area contributed by atoms with Gasteiger partial charge in [0.2, 0.25) is 0 Å². The SMILES string of the molecule is CC(=Nc1cccc(CN(C(=O)OC(C)(C)C)C(=O)OC(C)(C)C)c1C)NC(=O)OCc1ccccc1. The summed E-state index contributed by atoms with van der Waals surface area (Å²) >= 11 is 0. The summed E-state index contributed by atoms with van der Waals surface area (Å²) in [6, 6.07) is 14.7. The van der Waals surface area contributed by atoms with Gasteiger partial charge in [-0.3, -0.25) is 5.32 Å². The topological polar surface area (TPSA) is 107 Å². The molecule has 0 heterocycles. The van der Waals surface area contributed by atoms with E-state index in [-0.39, 0.29) is 13.2 Å². The second kappa shape index (κ2) is 12.4. The van der Waals surface area contributed by atoms with E-state index in [4.69, 9.17) is 14.2 Å². The third kappa shape index (κ3) is 10.3. The maximum atomic E-state index is 12.9. The molecule has 0 spiro atoms. The third-order valence-electron chi connectivity index (χ3n) is 4.76. The van der Waals surface area contributed by atoms with E-state index in [1.165, 1.54) is 0 Å². The Hall–Kier alpha value is -3.88. The summed E-state index contributed by atoms with van der Waals surface area (Å²) in [5.41, 5.74) is 1.23. The van der Waals surface area contributed by atoms with Gasteiger partial charge in [-0.1, -0.05) is 42.5 Å². The number of amides is 3. The zero-order chi connectivity index (χ0) is 27.8. The minimum absolute atomic E-state index is 0.0788. The fraction of sp³-hybridized carbons (Fsp3) is 0.429. The molecule has 9 nitrogen and oxygen atoms in total. The van der Waals surface area contributed by atoms with Crippen LogP contribution in [0, 0.1) is 6.92 Å². The van der Waals surface area contributed by atoms with Crippen molar-refractivity contribution in [2.75, 3.05) is 0 Å². The molecule has 0 aliphatic heterocycles. The van der Waals surface area contributed by atoms with Gasteiger partial charge >= 0.3 is 18.3 Å². The molecule has 0 radical (unpaired) electrons. The molecule has 0 atom stereocenters. The molecule has 0 saturated heterocycles. The Morgan fingerprint density at radius 1 is 0.865 bits per heavy atom. The number of hydrogen-bond acceptors (Lipinski definition) is 7. The maximum absolute atomic E-state index is 12.9. The Bertz CT molecular complexity index is 1100. The fourth-order valence-corrected chi connectivity index (χ4v) is 3.09. The van der Waals surface area contributed by atoms with Crippen LogP contribution in [0.2, 0.25) is 0 Å². The number of ether oxygens (including phenoxy) is 3. The molecule has 0 unspecified atom stereocenters. The summed E-state index contributed by atoms with van der Waals surface area (Å²) in [7, 11) is 0. The van der Waals surface area contributed by atoms with Crippen molar-refractivity contribution in [3.8, 4) is 0 Å². The summed E-state index contributed by atoms with van der Waals surface area (Å²) in [5, 5.41) is 2.60. The van der Waals surface area contributed by atoms with Crippen LogP contribution in [0.25, 0.3) is 0 Å². The molecular weight excluding hydrogens is 474 g/mol. The second-order valence-electron chi connectivity index (χ2n) is 10.5. The Kier molecular flexibility index (Phi) is 9.82. The van der Waals surface area contributed by atoms with Crippen molar-refractivity contribution in [3.05, 3.63) is 65.2 Å². The van der Waals surface area contributed by atoms with Crippen molar-refractivity contribution in [1.82, 2.24) is 10.2 Å². The summed E-state index contributed by atoms with van der Waals surface area (Å²) in [6.07, 6.45) is -2.25. The summed E-state index contributed by atoms with van der Waals surface area (Å²) in [5.74, 6) is 0.328. The molecule has 0 bridgehead atoms. The highest BCUT2D eigenvalue weighted by atomic mass is 16.6. The highest BCUT2D eigenvalue weighted by Gasteiger charge is 2.31. The van der Waals surface area contributed by atoms with Gasteiger partial charge in [0.25, 0.3) is 0 Å². The Balaban J connectivity index is 2.18. The first-order chi connectivity index (χ1) is 17.1. The van der Waals surface area contributed by atoms with Crippen LogP contribution in [-0.4, -0.2) is 40.2 Å². The zero-order valence-corrected chi connectivity index (χ0v) is 22.9. The Labute approximate surface area is 218 Å².